The summed E-state index contributed by atoms with van der Waals surface area (Å²) in [4.78, 5) is 15.8. The van der Waals surface area contributed by atoms with Crippen LogP contribution in [0.4, 0.5) is 5.69 Å². The molecule has 2 aromatic heterocycles. The van der Waals surface area contributed by atoms with Crippen LogP contribution < -0.4 is 0 Å². The molecule has 1 aliphatic rings. The van der Waals surface area contributed by atoms with Gasteiger partial charge in [0.15, 0.2) is 5.17 Å². The Kier molecular flexibility index (Phi) is 4.68. The summed E-state index contributed by atoms with van der Waals surface area (Å²) in [6.45, 7) is 1.53. The number of pyridine rings is 2. The second-order valence-corrected chi connectivity index (χ2v) is 7.05. The van der Waals surface area contributed by atoms with E-state index in [2.05, 4.69) is 27.0 Å². The number of fused-ring (bicyclic) bond motifs is 1. The Bertz CT molecular complexity index is 897. The van der Waals surface area contributed by atoms with E-state index in [-0.39, 0.29) is 0 Å². The molecular weight excluding hydrogens is 352 g/mol. The van der Waals surface area contributed by atoms with Crippen LogP contribution in [0.3, 0.4) is 0 Å². The summed E-state index contributed by atoms with van der Waals surface area (Å²) >= 11 is 7.57. The molecule has 0 atom stereocenters. The van der Waals surface area contributed by atoms with Crippen molar-refractivity contribution in [2.75, 3.05) is 0 Å². The van der Waals surface area contributed by atoms with E-state index in [4.69, 9.17) is 16.6 Å². The van der Waals surface area contributed by atoms with Crippen LogP contribution >= 0.6 is 23.4 Å². The number of aliphatic imine (C=N–C) groups is 1. The van der Waals surface area contributed by atoms with E-state index in [9.17, 15) is 0 Å². The lowest BCUT2D eigenvalue weighted by Crippen LogP contribution is -2.31. The Morgan fingerprint density at radius 1 is 1.08 bits per heavy atom. The molecule has 0 radical (unpaired) electrons. The molecule has 3 heterocycles. The van der Waals surface area contributed by atoms with Crippen LogP contribution in [0.25, 0.3) is 0 Å². The largest absolute Gasteiger partial charge is 0.342 e. The van der Waals surface area contributed by atoms with E-state index in [0.29, 0.717) is 5.02 Å². The van der Waals surface area contributed by atoms with Gasteiger partial charge >= 0.3 is 0 Å². The van der Waals surface area contributed by atoms with Gasteiger partial charge in [-0.15, -0.1) is 0 Å². The van der Waals surface area contributed by atoms with Gasteiger partial charge in [-0.2, -0.15) is 0 Å². The number of benzene rings is 1. The monoisotopic (exact) mass is 366 g/mol. The molecule has 124 valence electrons. The van der Waals surface area contributed by atoms with Crippen LogP contribution in [0, 0.1) is 0 Å². The number of amidine groups is 1. The molecular formula is C19H15ClN4S. The van der Waals surface area contributed by atoms with E-state index >= 15 is 0 Å². The van der Waals surface area contributed by atoms with Gasteiger partial charge in [-0.1, -0.05) is 23.7 Å². The smallest absolute Gasteiger partial charge is 0.171 e. The fraction of sp³-hybridized carbons (Fsp3) is 0.105. The molecule has 0 aliphatic carbocycles. The summed E-state index contributed by atoms with van der Waals surface area (Å²) in [7, 11) is 0. The Morgan fingerprint density at radius 2 is 1.92 bits per heavy atom. The van der Waals surface area contributed by atoms with E-state index in [1.165, 1.54) is 5.56 Å². The first-order valence-corrected chi connectivity index (χ1v) is 9.07. The van der Waals surface area contributed by atoms with Crippen molar-refractivity contribution in [1.82, 2.24) is 14.9 Å². The first kappa shape index (κ1) is 16.1. The third kappa shape index (κ3) is 3.83. The molecule has 0 unspecified atom stereocenters. The maximum atomic E-state index is 5.98. The van der Waals surface area contributed by atoms with Crippen molar-refractivity contribution in [2.45, 2.75) is 18.1 Å². The van der Waals surface area contributed by atoms with Crippen molar-refractivity contribution in [1.29, 1.82) is 0 Å². The first-order valence-electron chi connectivity index (χ1n) is 7.88. The van der Waals surface area contributed by atoms with Crippen molar-refractivity contribution in [3.63, 3.8) is 0 Å². The van der Waals surface area contributed by atoms with Crippen LogP contribution in [-0.4, -0.2) is 20.0 Å². The Labute approximate surface area is 155 Å². The lowest BCUT2D eigenvalue weighted by Gasteiger charge is -2.30. The summed E-state index contributed by atoms with van der Waals surface area (Å²) in [5.74, 6) is 0. The average Bonchev–Trinajstić information content (AvgIpc) is 2.65. The van der Waals surface area contributed by atoms with E-state index in [1.54, 1.807) is 18.0 Å². The molecule has 25 heavy (non-hydrogen) atoms. The fourth-order valence-electron chi connectivity index (χ4n) is 2.62. The zero-order valence-corrected chi connectivity index (χ0v) is 14.9. The molecule has 1 aliphatic heterocycles. The van der Waals surface area contributed by atoms with Crippen molar-refractivity contribution < 1.29 is 0 Å². The molecule has 0 saturated heterocycles. The number of thioether (sulfide) groups is 1. The van der Waals surface area contributed by atoms with E-state index < -0.39 is 0 Å². The lowest BCUT2D eigenvalue weighted by atomic mass is 10.2. The number of aromatic nitrogens is 2. The first-order chi connectivity index (χ1) is 12.3. The standard InChI is InChI=1S/C19H15ClN4S/c20-16-5-7-17(8-6-16)23-19-24(12-14-3-1-9-21-11-14)13-15-4-2-10-22-18(15)25-19/h1-11H,12-13H2. The minimum atomic E-state index is 0.708. The zero-order chi connectivity index (χ0) is 17.1. The summed E-state index contributed by atoms with van der Waals surface area (Å²) < 4.78 is 0. The van der Waals surface area contributed by atoms with Gasteiger partial charge in [0.25, 0.3) is 0 Å². The van der Waals surface area contributed by atoms with Gasteiger partial charge in [-0.05, 0) is 53.7 Å². The lowest BCUT2D eigenvalue weighted by molar-refractivity contribution is 0.405. The highest BCUT2D eigenvalue weighted by atomic mass is 35.5. The predicted molar refractivity (Wildman–Crippen MR) is 102 cm³/mol. The molecule has 4 rings (SSSR count). The Balaban J connectivity index is 1.68. The SMILES string of the molecule is Clc1ccc(N=C2Sc3ncccc3CN2Cc2cccnc2)cc1. The van der Waals surface area contributed by atoms with Gasteiger partial charge in [0.1, 0.15) is 5.03 Å². The third-order valence-electron chi connectivity index (χ3n) is 3.82. The molecule has 0 saturated carbocycles. The third-order valence-corrected chi connectivity index (χ3v) is 5.16. The maximum absolute atomic E-state index is 5.98. The van der Waals surface area contributed by atoms with Crippen LogP contribution in [0.1, 0.15) is 11.1 Å². The van der Waals surface area contributed by atoms with Gasteiger partial charge in [-0.3, -0.25) is 4.98 Å². The number of halogens is 1. The molecule has 3 aromatic rings. The van der Waals surface area contributed by atoms with Crippen molar-refractivity contribution >= 4 is 34.2 Å². The second kappa shape index (κ2) is 7.25. The van der Waals surface area contributed by atoms with Gasteiger partial charge in [0.2, 0.25) is 0 Å². The summed E-state index contributed by atoms with van der Waals surface area (Å²) in [6.07, 6.45) is 5.50. The van der Waals surface area contributed by atoms with E-state index in [0.717, 1.165) is 34.5 Å². The molecule has 4 nitrogen and oxygen atoms in total. The molecule has 0 spiro atoms. The minimum Gasteiger partial charge on any atom is -0.342 e. The number of rotatable bonds is 3. The highest BCUT2D eigenvalue weighted by molar-refractivity contribution is 8.13. The topological polar surface area (TPSA) is 41.4 Å². The highest BCUT2D eigenvalue weighted by Crippen LogP contribution is 2.33. The molecule has 0 bridgehead atoms. The Hall–Kier alpha value is -2.37. The van der Waals surface area contributed by atoms with Crippen molar-refractivity contribution in [3.05, 3.63) is 83.3 Å². The average molecular weight is 367 g/mol. The number of nitrogens with zero attached hydrogens (tertiary/aromatic N) is 4. The second-order valence-electron chi connectivity index (χ2n) is 5.66. The quantitative estimate of drug-likeness (QED) is 0.659. The Morgan fingerprint density at radius 3 is 2.72 bits per heavy atom. The van der Waals surface area contributed by atoms with Crippen LogP contribution in [0.15, 0.2) is 77.1 Å². The minimum absolute atomic E-state index is 0.708. The summed E-state index contributed by atoms with van der Waals surface area (Å²) in [6, 6.07) is 15.7. The van der Waals surface area contributed by atoms with Gasteiger partial charge < -0.3 is 4.90 Å². The molecule has 6 heteroatoms. The van der Waals surface area contributed by atoms with E-state index in [1.807, 2.05) is 48.8 Å². The maximum Gasteiger partial charge on any atom is 0.171 e. The van der Waals surface area contributed by atoms with Gasteiger partial charge in [0, 0.05) is 42.3 Å². The fourth-order valence-corrected chi connectivity index (χ4v) is 3.70. The molecule has 0 N–H and O–H groups in total. The molecule has 1 aromatic carbocycles. The summed E-state index contributed by atoms with van der Waals surface area (Å²) in [5.41, 5.74) is 3.24. The molecule has 0 amide bonds. The number of hydrogen-bond donors (Lipinski definition) is 0. The van der Waals surface area contributed by atoms with Crippen molar-refractivity contribution in [3.8, 4) is 0 Å². The van der Waals surface area contributed by atoms with Gasteiger partial charge in [-0.25, -0.2) is 9.98 Å². The van der Waals surface area contributed by atoms with Crippen LogP contribution in [-0.2, 0) is 13.1 Å². The summed E-state index contributed by atoms with van der Waals surface area (Å²) in [5, 5.41) is 2.65. The zero-order valence-electron chi connectivity index (χ0n) is 13.3. The molecule has 0 fully saturated rings. The van der Waals surface area contributed by atoms with Crippen molar-refractivity contribution in [2.24, 2.45) is 4.99 Å². The van der Waals surface area contributed by atoms with Crippen LogP contribution in [0.5, 0.6) is 0 Å². The normalized spacial score (nSPS) is 15.2. The van der Waals surface area contributed by atoms with Gasteiger partial charge in [0.05, 0.1) is 5.69 Å². The number of hydrogen-bond acceptors (Lipinski definition) is 4. The highest BCUT2D eigenvalue weighted by Gasteiger charge is 2.23. The van der Waals surface area contributed by atoms with Crippen LogP contribution in [0.2, 0.25) is 5.02 Å². The predicted octanol–water partition coefficient (Wildman–Crippen LogP) is 4.93.